The maximum atomic E-state index is 13.1. The van der Waals surface area contributed by atoms with Gasteiger partial charge < -0.3 is 5.11 Å². The molecule has 0 bridgehead atoms. The second-order valence-electron chi connectivity index (χ2n) is 3.48. The third kappa shape index (κ3) is 1.96. The van der Waals surface area contributed by atoms with Crippen LogP contribution in [0.2, 0.25) is 0 Å². The van der Waals surface area contributed by atoms with E-state index in [2.05, 4.69) is 0 Å². The molecule has 1 aromatic carbocycles. The number of aliphatic hydroxyl groups is 1. The van der Waals surface area contributed by atoms with Crippen LogP contribution in [0, 0.1) is 11.6 Å². The van der Waals surface area contributed by atoms with E-state index in [0.29, 0.717) is 0 Å². The Hall–Kier alpha value is -1.29. The van der Waals surface area contributed by atoms with Crippen LogP contribution in [0.5, 0.6) is 0 Å². The highest BCUT2D eigenvalue weighted by atomic mass is 19.1. The van der Waals surface area contributed by atoms with Crippen LogP contribution >= 0.6 is 0 Å². The number of Topliss-reactive ketones (excluding diaryl/α,β-unsaturated/α-hetero) is 1. The predicted molar refractivity (Wildman–Crippen MR) is 47.0 cm³/mol. The Morgan fingerprint density at radius 2 is 1.71 bits per heavy atom. The second kappa shape index (κ2) is 3.46. The second-order valence-corrected chi connectivity index (χ2v) is 3.48. The fourth-order valence-electron chi connectivity index (χ4n) is 1.02. The van der Waals surface area contributed by atoms with Gasteiger partial charge in [0.05, 0.1) is 5.56 Å². The molecule has 1 N–H and O–H groups in total. The quantitative estimate of drug-likeness (QED) is 0.740. The maximum absolute atomic E-state index is 13.1. The van der Waals surface area contributed by atoms with Crippen molar-refractivity contribution in [3.8, 4) is 0 Å². The fraction of sp³-hybridized carbons (Fsp3) is 0.300. The molecule has 0 amide bonds. The first-order valence-corrected chi connectivity index (χ1v) is 4.05. The smallest absolute Gasteiger partial charge is 0.199 e. The average Bonchev–Trinajstić information content (AvgIpc) is 2.01. The standard InChI is InChI=1S/C10H10F2O2/c1-10(2,14)9(13)8-6(11)4-3-5-7(8)12/h3-5,14H,1-2H3. The molecule has 14 heavy (non-hydrogen) atoms. The van der Waals surface area contributed by atoms with E-state index < -0.39 is 28.6 Å². The number of halogens is 2. The Morgan fingerprint density at radius 1 is 1.29 bits per heavy atom. The molecule has 0 heterocycles. The Morgan fingerprint density at radius 3 is 2.07 bits per heavy atom. The van der Waals surface area contributed by atoms with Crippen molar-refractivity contribution in [1.29, 1.82) is 0 Å². The van der Waals surface area contributed by atoms with Gasteiger partial charge >= 0.3 is 0 Å². The van der Waals surface area contributed by atoms with Gasteiger partial charge in [0.15, 0.2) is 5.78 Å². The van der Waals surface area contributed by atoms with E-state index in [1.54, 1.807) is 0 Å². The largest absolute Gasteiger partial charge is 0.382 e. The number of benzene rings is 1. The van der Waals surface area contributed by atoms with Gasteiger partial charge in [-0.1, -0.05) is 6.07 Å². The molecule has 1 rings (SSSR count). The lowest BCUT2D eigenvalue weighted by Gasteiger charge is -2.16. The van der Waals surface area contributed by atoms with Crippen molar-refractivity contribution in [2.24, 2.45) is 0 Å². The van der Waals surface area contributed by atoms with Gasteiger partial charge in [0.2, 0.25) is 0 Å². The minimum absolute atomic E-state index is 0.694. The molecular weight excluding hydrogens is 190 g/mol. The van der Waals surface area contributed by atoms with Crippen LogP contribution in [-0.4, -0.2) is 16.5 Å². The molecule has 0 radical (unpaired) electrons. The molecule has 1 aromatic rings. The summed E-state index contributed by atoms with van der Waals surface area (Å²) in [6.07, 6.45) is 0. The van der Waals surface area contributed by atoms with E-state index in [9.17, 15) is 18.7 Å². The number of carbonyl (C=O) groups is 1. The van der Waals surface area contributed by atoms with Gasteiger partial charge in [-0.05, 0) is 26.0 Å². The lowest BCUT2D eigenvalue weighted by molar-refractivity contribution is 0.0478. The summed E-state index contributed by atoms with van der Waals surface area (Å²) < 4.78 is 26.1. The van der Waals surface area contributed by atoms with Crippen LogP contribution in [0.25, 0.3) is 0 Å². The Labute approximate surface area is 80.2 Å². The summed E-state index contributed by atoms with van der Waals surface area (Å²) >= 11 is 0. The minimum atomic E-state index is -1.77. The maximum Gasteiger partial charge on any atom is 0.199 e. The van der Waals surface area contributed by atoms with Crippen LogP contribution < -0.4 is 0 Å². The zero-order valence-electron chi connectivity index (χ0n) is 7.84. The van der Waals surface area contributed by atoms with Gasteiger partial charge in [-0.2, -0.15) is 0 Å². The van der Waals surface area contributed by atoms with E-state index in [1.165, 1.54) is 13.8 Å². The first-order chi connectivity index (χ1) is 6.34. The van der Waals surface area contributed by atoms with Crippen molar-refractivity contribution in [3.63, 3.8) is 0 Å². The molecule has 0 aliphatic rings. The first kappa shape index (κ1) is 10.8. The molecule has 2 nitrogen and oxygen atoms in total. The van der Waals surface area contributed by atoms with Crippen LogP contribution in [0.1, 0.15) is 24.2 Å². The van der Waals surface area contributed by atoms with Crippen molar-refractivity contribution in [1.82, 2.24) is 0 Å². The van der Waals surface area contributed by atoms with E-state index >= 15 is 0 Å². The van der Waals surface area contributed by atoms with Crippen LogP contribution in [-0.2, 0) is 0 Å². The topological polar surface area (TPSA) is 37.3 Å². The summed E-state index contributed by atoms with van der Waals surface area (Å²) in [5, 5.41) is 9.31. The van der Waals surface area contributed by atoms with Crippen molar-refractivity contribution >= 4 is 5.78 Å². The summed E-state index contributed by atoms with van der Waals surface area (Å²) in [4.78, 5) is 11.4. The lowest BCUT2D eigenvalue weighted by atomic mass is 9.96. The molecule has 0 aliphatic heterocycles. The summed E-state index contributed by atoms with van der Waals surface area (Å²) in [5.74, 6) is -2.89. The molecule has 4 heteroatoms. The van der Waals surface area contributed by atoms with Gasteiger partial charge in [0.1, 0.15) is 17.2 Å². The highest BCUT2D eigenvalue weighted by Gasteiger charge is 2.29. The van der Waals surface area contributed by atoms with Crippen molar-refractivity contribution in [2.75, 3.05) is 0 Å². The van der Waals surface area contributed by atoms with Crippen LogP contribution in [0.15, 0.2) is 18.2 Å². The Kier molecular flexibility index (Phi) is 2.66. The van der Waals surface area contributed by atoms with Gasteiger partial charge in [-0.15, -0.1) is 0 Å². The highest BCUT2D eigenvalue weighted by Crippen LogP contribution is 2.18. The molecule has 0 saturated heterocycles. The van der Waals surface area contributed by atoms with Gasteiger partial charge in [0.25, 0.3) is 0 Å². The minimum Gasteiger partial charge on any atom is -0.382 e. The van der Waals surface area contributed by atoms with Crippen LogP contribution in [0.3, 0.4) is 0 Å². The Bertz CT molecular complexity index is 347. The molecule has 0 aliphatic carbocycles. The van der Waals surface area contributed by atoms with E-state index in [-0.39, 0.29) is 0 Å². The average molecular weight is 200 g/mol. The summed E-state index contributed by atoms with van der Waals surface area (Å²) in [6, 6.07) is 3.11. The van der Waals surface area contributed by atoms with Gasteiger partial charge in [0, 0.05) is 0 Å². The highest BCUT2D eigenvalue weighted by molar-refractivity contribution is 6.02. The zero-order valence-corrected chi connectivity index (χ0v) is 7.84. The first-order valence-electron chi connectivity index (χ1n) is 4.05. The van der Waals surface area contributed by atoms with Crippen molar-refractivity contribution < 1.29 is 18.7 Å². The number of ketones is 1. The van der Waals surface area contributed by atoms with E-state index in [4.69, 9.17) is 0 Å². The molecule has 0 fully saturated rings. The summed E-state index contributed by atoms with van der Waals surface area (Å²) in [5.41, 5.74) is -2.47. The Balaban J connectivity index is 3.26. The zero-order chi connectivity index (χ0) is 10.9. The molecule has 0 unspecified atom stereocenters. The third-order valence-electron chi connectivity index (χ3n) is 1.75. The number of hydrogen-bond acceptors (Lipinski definition) is 2. The fourth-order valence-corrected chi connectivity index (χ4v) is 1.02. The molecule has 76 valence electrons. The number of hydrogen-bond donors (Lipinski definition) is 1. The van der Waals surface area contributed by atoms with Crippen LogP contribution in [0.4, 0.5) is 8.78 Å². The van der Waals surface area contributed by atoms with Gasteiger partial charge in [-0.25, -0.2) is 8.78 Å². The predicted octanol–water partition coefficient (Wildman–Crippen LogP) is 1.92. The molecule has 0 atom stereocenters. The monoisotopic (exact) mass is 200 g/mol. The third-order valence-corrected chi connectivity index (χ3v) is 1.75. The summed E-state index contributed by atoms with van der Waals surface area (Å²) in [7, 11) is 0. The van der Waals surface area contributed by atoms with E-state index in [0.717, 1.165) is 18.2 Å². The van der Waals surface area contributed by atoms with E-state index in [1.807, 2.05) is 0 Å². The SMILES string of the molecule is CC(C)(O)C(=O)c1c(F)cccc1F. The molecule has 0 saturated carbocycles. The van der Waals surface area contributed by atoms with Gasteiger partial charge in [-0.3, -0.25) is 4.79 Å². The lowest BCUT2D eigenvalue weighted by Crippen LogP contribution is -2.32. The number of carbonyl (C=O) groups excluding carboxylic acids is 1. The molecule has 0 spiro atoms. The molecular formula is C10H10F2O2. The van der Waals surface area contributed by atoms with Crippen molar-refractivity contribution in [3.05, 3.63) is 35.4 Å². The number of rotatable bonds is 2. The summed E-state index contributed by atoms with van der Waals surface area (Å²) in [6.45, 7) is 2.36. The molecule has 0 aromatic heterocycles. The normalized spacial score (nSPS) is 11.5. The van der Waals surface area contributed by atoms with Crippen molar-refractivity contribution in [2.45, 2.75) is 19.4 Å².